The first-order chi connectivity index (χ1) is 9.76. The Morgan fingerprint density at radius 1 is 1.35 bits per heavy atom. The van der Waals surface area contributed by atoms with Crippen molar-refractivity contribution >= 4 is 0 Å². The average molecular weight is 275 g/mol. The third-order valence-corrected chi connectivity index (χ3v) is 4.75. The molecule has 2 atom stereocenters. The van der Waals surface area contributed by atoms with Crippen LogP contribution in [0.3, 0.4) is 0 Å². The van der Waals surface area contributed by atoms with Crippen molar-refractivity contribution in [2.75, 3.05) is 33.4 Å². The van der Waals surface area contributed by atoms with Crippen LogP contribution in [-0.2, 0) is 15.9 Å². The van der Waals surface area contributed by atoms with E-state index in [2.05, 4.69) is 36.1 Å². The topological polar surface area (TPSA) is 21.7 Å². The first kappa shape index (κ1) is 14.1. The van der Waals surface area contributed by atoms with Gasteiger partial charge in [-0.25, -0.2) is 0 Å². The molecule has 3 heteroatoms. The summed E-state index contributed by atoms with van der Waals surface area (Å²) in [4.78, 5) is 2.55. The molecule has 0 saturated carbocycles. The fraction of sp³-hybridized carbons (Fsp3) is 0.647. The van der Waals surface area contributed by atoms with E-state index in [0.29, 0.717) is 18.1 Å². The Hall–Kier alpha value is -0.900. The summed E-state index contributed by atoms with van der Waals surface area (Å²) in [6.07, 6.45) is 2.71. The lowest BCUT2D eigenvalue weighted by Crippen LogP contribution is -2.56. The van der Waals surface area contributed by atoms with E-state index in [1.807, 2.05) is 7.11 Å². The molecule has 3 nitrogen and oxygen atoms in total. The number of piperidine rings is 1. The summed E-state index contributed by atoms with van der Waals surface area (Å²) in [5.74, 6) is 0.638. The number of nitrogens with zero attached hydrogens (tertiary/aromatic N) is 1. The van der Waals surface area contributed by atoms with Crippen molar-refractivity contribution in [2.45, 2.75) is 31.9 Å². The van der Waals surface area contributed by atoms with E-state index in [1.54, 1.807) is 0 Å². The van der Waals surface area contributed by atoms with Gasteiger partial charge in [0.15, 0.2) is 0 Å². The smallest absolute Gasteiger partial charge is 0.0730 e. The predicted octanol–water partition coefficient (Wildman–Crippen LogP) is 2.27. The van der Waals surface area contributed by atoms with Gasteiger partial charge in [-0.15, -0.1) is 0 Å². The zero-order chi connectivity index (χ0) is 13.9. The highest BCUT2D eigenvalue weighted by molar-refractivity contribution is 5.22. The van der Waals surface area contributed by atoms with Crippen molar-refractivity contribution in [3.8, 4) is 0 Å². The highest BCUT2D eigenvalue weighted by Crippen LogP contribution is 2.27. The molecule has 3 rings (SSSR count). The molecule has 0 spiro atoms. The van der Waals surface area contributed by atoms with Crippen molar-refractivity contribution < 1.29 is 9.47 Å². The van der Waals surface area contributed by atoms with Crippen molar-refractivity contribution in [1.82, 2.24) is 4.90 Å². The number of methoxy groups -OCH3 is 1. The highest BCUT2D eigenvalue weighted by atomic mass is 16.5. The molecule has 2 fully saturated rings. The van der Waals surface area contributed by atoms with Crippen molar-refractivity contribution in [3.05, 3.63) is 35.4 Å². The molecule has 0 N–H and O–H groups in total. The molecule has 1 aromatic carbocycles. The summed E-state index contributed by atoms with van der Waals surface area (Å²) in [6.45, 7) is 6.21. The Bertz CT molecular complexity index is 444. The number of hydrogen-bond acceptors (Lipinski definition) is 3. The second-order valence-corrected chi connectivity index (χ2v) is 6.20. The molecule has 2 heterocycles. The van der Waals surface area contributed by atoms with E-state index in [1.165, 1.54) is 24.1 Å². The van der Waals surface area contributed by atoms with Gasteiger partial charge in [0.25, 0.3) is 0 Å². The molecule has 0 bridgehead atoms. The zero-order valence-corrected chi connectivity index (χ0v) is 12.5. The Kier molecular flexibility index (Phi) is 4.39. The van der Waals surface area contributed by atoms with Crippen LogP contribution in [-0.4, -0.2) is 50.5 Å². The zero-order valence-electron chi connectivity index (χ0n) is 12.5. The van der Waals surface area contributed by atoms with Crippen LogP contribution < -0.4 is 0 Å². The number of aryl methyl sites for hydroxylation is 1. The molecule has 2 saturated heterocycles. The van der Waals surface area contributed by atoms with Crippen LogP contribution >= 0.6 is 0 Å². The maximum absolute atomic E-state index is 5.77. The molecule has 1 aromatic rings. The minimum Gasteiger partial charge on any atom is -0.380 e. The fourth-order valence-electron chi connectivity index (χ4n) is 3.40. The van der Waals surface area contributed by atoms with Crippen molar-refractivity contribution in [3.63, 3.8) is 0 Å². The Labute approximate surface area is 121 Å². The molecule has 20 heavy (non-hydrogen) atoms. The summed E-state index contributed by atoms with van der Waals surface area (Å²) >= 11 is 0. The van der Waals surface area contributed by atoms with Gasteiger partial charge in [0.05, 0.1) is 25.4 Å². The van der Waals surface area contributed by atoms with E-state index >= 15 is 0 Å². The molecule has 110 valence electrons. The third-order valence-electron chi connectivity index (χ3n) is 4.75. The second-order valence-electron chi connectivity index (χ2n) is 6.20. The maximum Gasteiger partial charge on any atom is 0.0730 e. The molecular formula is C17H25NO2. The van der Waals surface area contributed by atoms with E-state index in [-0.39, 0.29) is 0 Å². The summed E-state index contributed by atoms with van der Waals surface area (Å²) in [6, 6.07) is 9.50. The molecule has 0 radical (unpaired) electrons. The molecule has 0 unspecified atom stereocenters. The summed E-state index contributed by atoms with van der Waals surface area (Å²) in [5.41, 5.74) is 2.79. The van der Waals surface area contributed by atoms with Gasteiger partial charge in [0.2, 0.25) is 0 Å². The lowest BCUT2D eigenvalue weighted by Gasteiger charge is -2.44. The summed E-state index contributed by atoms with van der Waals surface area (Å²) in [7, 11) is 1.86. The van der Waals surface area contributed by atoms with Crippen LogP contribution in [0.4, 0.5) is 0 Å². The number of likely N-dealkylation sites (tertiary alicyclic amines) is 1. The largest absolute Gasteiger partial charge is 0.380 e. The number of ether oxygens (including phenoxy) is 2. The number of rotatable bonds is 4. The highest BCUT2D eigenvalue weighted by Gasteiger charge is 2.35. The minimum atomic E-state index is 0.352. The van der Waals surface area contributed by atoms with Crippen molar-refractivity contribution in [2.24, 2.45) is 5.92 Å². The van der Waals surface area contributed by atoms with Gasteiger partial charge in [0, 0.05) is 13.7 Å². The van der Waals surface area contributed by atoms with Gasteiger partial charge in [-0.1, -0.05) is 29.8 Å². The molecule has 0 amide bonds. The summed E-state index contributed by atoms with van der Waals surface area (Å²) < 4.78 is 11.1. The second kappa shape index (κ2) is 6.25. The van der Waals surface area contributed by atoms with Crippen LogP contribution in [0.1, 0.15) is 17.5 Å². The minimum absolute atomic E-state index is 0.352. The van der Waals surface area contributed by atoms with Gasteiger partial charge in [-0.2, -0.15) is 0 Å². The molecule has 0 aromatic heterocycles. The van der Waals surface area contributed by atoms with Crippen LogP contribution in [0.15, 0.2) is 24.3 Å². The van der Waals surface area contributed by atoms with Crippen LogP contribution in [0.25, 0.3) is 0 Å². The predicted molar refractivity (Wildman–Crippen MR) is 80.0 cm³/mol. The Morgan fingerprint density at radius 3 is 2.85 bits per heavy atom. The van der Waals surface area contributed by atoms with E-state index in [9.17, 15) is 0 Å². The maximum atomic E-state index is 5.77. The Balaban J connectivity index is 1.61. The number of hydrogen-bond donors (Lipinski definition) is 0. The van der Waals surface area contributed by atoms with Gasteiger partial charge >= 0.3 is 0 Å². The number of benzene rings is 1. The molecule has 2 aliphatic rings. The van der Waals surface area contributed by atoms with Crippen LogP contribution in [0.2, 0.25) is 0 Å². The third kappa shape index (κ3) is 3.05. The average Bonchev–Trinajstić information content (AvgIpc) is 2.38. The lowest BCUT2D eigenvalue weighted by molar-refractivity contribution is -0.102. The van der Waals surface area contributed by atoms with Gasteiger partial charge in [0.1, 0.15) is 0 Å². The lowest BCUT2D eigenvalue weighted by atomic mass is 9.86. The normalized spacial score (nSPS) is 28.3. The molecular weight excluding hydrogens is 250 g/mol. The van der Waals surface area contributed by atoms with E-state index in [0.717, 1.165) is 26.2 Å². The van der Waals surface area contributed by atoms with E-state index < -0.39 is 0 Å². The van der Waals surface area contributed by atoms with Crippen molar-refractivity contribution in [1.29, 1.82) is 0 Å². The Morgan fingerprint density at radius 2 is 2.20 bits per heavy atom. The molecule has 2 aliphatic heterocycles. The monoisotopic (exact) mass is 275 g/mol. The van der Waals surface area contributed by atoms with Gasteiger partial charge in [-0.05, 0) is 37.8 Å². The quantitative estimate of drug-likeness (QED) is 0.841. The SMILES string of the molecule is CO[C@H]1CN(C2COC2)CC[C@@H]1Cc1cccc(C)c1. The van der Waals surface area contributed by atoms with E-state index in [4.69, 9.17) is 9.47 Å². The first-order valence-electron chi connectivity index (χ1n) is 7.66. The van der Waals surface area contributed by atoms with Crippen LogP contribution in [0, 0.1) is 12.8 Å². The first-order valence-corrected chi connectivity index (χ1v) is 7.66. The standard InChI is InChI=1S/C17H25NO2/c1-13-4-3-5-14(8-13)9-15-6-7-18(10-17(15)19-2)16-11-20-12-16/h3-5,8,15-17H,6-7,9-12H2,1-2H3/t15-,17+/m1/s1. The summed E-state index contributed by atoms with van der Waals surface area (Å²) in [5, 5.41) is 0. The molecule has 0 aliphatic carbocycles. The van der Waals surface area contributed by atoms with Crippen LogP contribution in [0.5, 0.6) is 0 Å². The van der Waals surface area contributed by atoms with Gasteiger partial charge in [-0.3, -0.25) is 4.90 Å². The fourth-order valence-corrected chi connectivity index (χ4v) is 3.40. The van der Waals surface area contributed by atoms with Gasteiger partial charge < -0.3 is 9.47 Å².